The van der Waals surface area contributed by atoms with E-state index in [1.54, 1.807) is 29.5 Å². The first-order chi connectivity index (χ1) is 13.5. The van der Waals surface area contributed by atoms with Crippen molar-refractivity contribution in [3.8, 4) is 5.75 Å². The Morgan fingerprint density at radius 2 is 1.89 bits per heavy atom. The number of carboxylic acids is 1. The van der Waals surface area contributed by atoms with Crippen molar-refractivity contribution in [3.63, 3.8) is 0 Å². The minimum Gasteiger partial charge on any atom is -0.488 e. The van der Waals surface area contributed by atoms with E-state index in [0.717, 1.165) is 16.0 Å². The van der Waals surface area contributed by atoms with E-state index in [2.05, 4.69) is 0 Å². The van der Waals surface area contributed by atoms with E-state index in [9.17, 15) is 9.59 Å². The highest BCUT2D eigenvalue weighted by molar-refractivity contribution is 7.09. The molecule has 4 nitrogen and oxygen atoms in total. The summed E-state index contributed by atoms with van der Waals surface area (Å²) in [4.78, 5) is 25.5. The lowest BCUT2D eigenvalue weighted by molar-refractivity contribution is -0.137. The standard InChI is InChI=1S/C23H22O4S/c1-16-6-2-3-10-20(16)21(11-12-22(24)25)23(26)17-7-4-8-18(14-17)27-15-19-9-5-13-28-19/h2-10,13-14,21H,11-12,15H2,1H3,(H,24,25). The third-order valence-corrected chi connectivity index (χ3v) is 5.46. The van der Waals surface area contributed by atoms with Crippen molar-refractivity contribution in [2.75, 3.05) is 0 Å². The second-order valence-corrected chi connectivity index (χ2v) is 7.63. The molecule has 144 valence electrons. The zero-order chi connectivity index (χ0) is 19.9. The number of benzene rings is 2. The molecule has 5 heteroatoms. The Bertz CT molecular complexity index is 947. The van der Waals surface area contributed by atoms with Gasteiger partial charge in [0.2, 0.25) is 0 Å². The van der Waals surface area contributed by atoms with Crippen LogP contribution in [0.15, 0.2) is 66.0 Å². The van der Waals surface area contributed by atoms with Crippen LogP contribution >= 0.6 is 11.3 Å². The molecule has 0 aliphatic rings. The molecule has 1 aromatic heterocycles. The van der Waals surface area contributed by atoms with Gasteiger partial charge in [-0.25, -0.2) is 0 Å². The maximum Gasteiger partial charge on any atom is 0.303 e. The predicted octanol–water partition coefficient (Wildman–Crippen LogP) is 5.47. The van der Waals surface area contributed by atoms with Gasteiger partial charge < -0.3 is 9.84 Å². The van der Waals surface area contributed by atoms with Gasteiger partial charge in [-0.05, 0) is 48.1 Å². The number of Topliss-reactive ketones (excluding diaryl/α,β-unsaturated/α-hetero) is 1. The SMILES string of the molecule is Cc1ccccc1C(CCC(=O)O)C(=O)c1cccc(OCc2cccs2)c1. The van der Waals surface area contributed by atoms with Gasteiger partial charge >= 0.3 is 5.97 Å². The summed E-state index contributed by atoms with van der Waals surface area (Å²) in [5, 5.41) is 11.1. The fourth-order valence-electron chi connectivity index (χ4n) is 3.16. The van der Waals surface area contributed by atoms with E-state index in [1.165, 1.54) is 0 Å². The molecule has 3 aromatic rings. The van der Waals surface area contributed by atoms with E-state index < -0.39 is 11.9 Å². The Hall–Kier alpha value is -2.92. The van der Waals surface area contributed by atoms with Gasteiger partial charge in [-0.15, -0.1) is 11.3 Å². The lowest BCUT2D eigenvalue weighted by Crippen LogP contribution is -2.16. The van der Waals surface area contributed by atoms with Crippen LogP contribution < -0.4 is 4.74 Å². The summed E-state index contributed by atoms with van der Waals surface area (Å²) >= 11 is 1.62. The second kappa shape index (κ2) is 9.33. The maximum atomic E-state index is 13.2. The molecule has 3 rings (SSSR count). The lowest BCUT2D eigenvalue weighted by atomic mass is 9.85. The number of aliphatic carboxylic acids is 1. The number of thiophene rings is 1. The van der Waals surface area contributed by atoms with Crippen LogP contribution in [0, 0.1) is 6.92 Å². The molecule has 2 aromatic carbocycles. The van der Waals surface area contributed by atoms with Crippen molar-refractivity contribution in [1.82, 2.24) is 0 Å². The molecule has 1 heterocycles. The number of hydrogen-bond acceptors (Lipinski definition) is 4. The van der Waals surface area contributed by atoms with Crippen molar-refractivity contribution in [1.29, 1.82) is 0 Å². The number of rotatable bonds is 9. The topological polar surface area (TPSA) is 63.6 Å². The number of hydrogen-bond donors (Lipinski definition) is 1. The van der Waals surface area contributed by atoms with Crippen LogP contribution in [-0.2, 0) is 11.4 Å². The highest BCUT2D eigenvalue weighted by Gasteiger charge is 2.24. The quantitative estimate of drug-likeness (QED) is 0.489. The molecule has 0 bridgehead atoms. The van der Waals surface area contributed by atoms with Crippen molar-refractivity contribution in [3.05, 3.63) is 87.6 Å². The normalized spacial score (nSPS) is 11.8. The third kappa shape index (κ3) is 5.08. The zero-order valence-electron chi connectivity index (χ0n) is 15.6. The first-order valence-corrected chi connectivity index (χ1v) is 9.99. The van der Waals surface area contributed by atoms with Gasteiger partial charge in [0.1, 0.15) is 12.4 Å². The van der Waals surface area contributed by atoms with Crippen LogP contribution in [0.2, 0.25) is 0 Å². The smallest absolute Gasteiger partial charge is 0.303 e. The molecule has 1 unspecified atom stereocenters. The van der Waals surface area contributed by atoms with Crippen LogP contribution in [-0.4, -0.2) is 16.9 Å². The highest BCUT2D eigenvalue weighted by Crippen LogP contribution is 2.29. The molecule has 0 saturated heterocycles. The molecule has 0 saturated carbocycles. The van der Waals surface area contributed by atoms with Gasteiger partial charge in [0.15, 0.2) is 5.78 Å². The number of carbonyl (C=O) groups excluding carboxylic acids is 1. The average molecular weight is 394 g/mol. The fourth-order valence-corrected chi connectivity index (χ4v) is 3.78. The molecular weight excluding hydrogens is 372 g/mol. The minimum absolute atomic E-state index is 0.0562. The zero-order valence-corrected chi connectivity index (χ0v) is 16.4. The van der Waals surface area contributed by atoms with Crippen LogP contribution in [0.3, 0.4) is 0 Å². The van der Waals surface area contributed by atoms with Gasteiger partial charge in [-0.3, -0.25) is 9.59 Å². The molecule has 0 aliphatic carbocycles. The summed E-state index contributed by atoms with van der Waals surface area (Å²) in [6, 6.07) is 18.7. The molecule has 28 heavy (non-hydrogen) atoms. The maximum absolute atomic E-state index is 13.2. The number of aryl methyl sites for hydroxylation is 1. The Morgan fingerprint density at radius 1 is 1.07 bits per heavy atom. The molecule has 0 spiro atoms. The molecule has 0 radical (unpaired) electrons. The molecule has 1 N–H and O–H groups in total. The van der Waals surface area contributed by atoms with E-state index >= 15 is 0 Å². The molecule has 0 aliphatic heterocycles. The van der Waals surface area contributed by atoms with Gasteiger partial charge in [-0.2, -0.15) is 0 Å². The van der Waals surface area contributed by atoms with E-state index in [4.69, 9.17) is 9.84 Å². The fraction of sp³-hybridized carbons (Fsp3) is 0.217. The summed E-state index contributed by atoms with van der Waals surface area (Å²) in [6.45, 7) is 2.40. The minimum atomic E-state index is -0.903. The Morgan fingerprint density at radius 3 is 2.61 bits per heavy atom. The van der Waals surface area contributed by atoms with Crippen molar-refractivity contribution in [2.45, 2.75) is 32.3 Å². The first kappa shape index (κ1) is 19.8. The van der Waals surface area contributed by atoms with Crippen LogP contribution in [0.25, 0.3) is 0 Å². The first-order valence-electron chi connectivity index (χ1n) is 9.11. The average Bonchev–Trinajstić information content (AvgIpc) is 3.21. The largest absolute Gasteiger partial charge is 0.488 e. The molecule has 1 atom stereocenters. The highest BCUT2D eigenvalue weighted by atomic mass is 32.1. The van der Waals surface area contributed by atoms with E-state index in [1.807, 2.05) is 54.8 Å². The van der Waals surface area contributed by atoms with Crippen molar-refractivity contribution >= 4 is 23.1 Å². The van der Waals surface area contributed by atoms with Crippen molar-refractivity contribution < 1.29 is 19.4 Å². The summed E-state index contributed by atoms with van der Waals surface area (Å²) in [6.07, 6.45) is 0.207. The van der Waals surface area contributed by atoms with Gasteiger partial charge in [0.05, 0.1) is 0 Å². The second-order valence-electron chi connectivity index (χ2n) is 6.60. The molecular formula is C23H22O4S. The number of carbonyl (C=O) groups is 2. The van der Waals surface area contributed by atoms with Crippen LogP contribution in [0.5, 0.6) is 5.75 Å². The third-order valence-electron chi connectivity index (χ3n) is 4.61. The summed E-state index contributed by atoms with van der Waals surface area (Å²) in [5.74, 6) is -0.859. The van der Waals surface area contributed by atoms with E-state index in [0.29, 0.717) is 17.9 Å². The van der Waals surface area contributed by atoms with Gasteiger partial charge in [-0.1, -0.05) is 42.5 Å². The van der Waals surface area contributed by atoms with E-state index in [-0.39, 0.29) is 18.6 Å². The number of carboxylic acid groups (broad SMARTS) is 1. The summed E-state index contributed by atoms with van der Waals surface area (Å²) in [7, 11) is 0. The molecule has 0 fully saturated rings. The van der Waals surface area contributed by atoms with Crippen LogP contribution in [0.4, 0.5) is 0 Å². The summed E-state index contributed by atoms with van der Waals surface area (Å²) < 4.78 is 5.81. The monoisotopic (exact) mass is 394 g/mol. The van der Waals surface area contributed by atoms with Crippen LogP contribution in [0.1, 0.15) is 45.1 Å². The van der Waals surface area contributed by atoms with Crippen molar-refractivity contribution in [2.24, 2.45) is 0 Å². The summed E-state index contributed by atoms with van der Waals surface area (Å²) in [5.41, 5.74) is 2.39. The molecule has 0 amide bonds. The van der Waals surface area contributed by atoms with Gasteiger partial charge in [0, 0.05) is 22.8 Å². The number of ketones is 1. The Balaban J connectivity index is 1.82. The Labute approximate surface area is 168 Å². The lowest BCUT2D eigenvalue weighted by Gasteiger charge is -2.18. The number of ether oxygens (including phenoxy) is 1. The van der Waals surface area contributed by atoms with Gasteiger partial charge in [0.25, 0.3) is 0 Å². The Kier molecular flexibility index (Phi) is 6.61. The predicted molar refractivity (Wildman–Crippen MR) is 110 cm³/mol.